The smallest absolute Gasteiger partial charge is 0.408 e. The van der Waals surface area contributed by atoms with Crippen molar-refractivity contribution < 1.29 is 25.4 Å². The van der Waals surface area contributed by atoms with Gasteiger partial charge in [-0.2, -0.15) is 13.2 Å². The van der Waals surface area contributed by atoms with Crippen molar-refractivity contribution in [3.05, 3.63) is 35.7 Å². The monoisotopic (exact) mass is 548 g/mol. The van der Waals surface area contributed by atoms with E-state index in [0.717, 1.165) is 29.2 Å². The second-order valence-electron chi connectivity index (χ2n) is 11.2. The minimum absolute atomic E-state index is 0.0555. The third kappa shape index (κ3) is 5.86. The average Bonchev–Trinajstić information content (AvgIpc) is 3.20. The SMILES string of the molecule is [2H]C([2H])(OC(=N)N1CCCCC1C(F)(F)F)c1nc(N)c2c(n1)N(c1ccc(OC3CCCCC3)cc1)CC2(C)C. The Morgan fingerprint density at radius 3 is 2.49 bits per heavy atom. The maximum Gasteiger partial charge on any atom is 0.408 e. The largest absolute Gasteiger partial charge is 0.490 e. The van der Waals surface area contributed by atoms with E-state index in [2.05, 4.69) is 9.97 Å². The lowest BCUT2D eigenvalue weighted by molar-refractivity contribution is -0.182. The van der Waals surface area contributed by atoms with Gasteiger partial charge in [0.1, 0.15) is 23.4 Å². The molecular formula is C28H37F3N6O2. The average molecular weight is 549 g/mol. The van der Waals surface area contributed by atoms with E-state index < -0.39 is 36.0 Å². The Kier molecular flexibility index (Phi) is 6.82. The van der Waals surface area contributed by atoms with Gasteiger partial charge in [-0.3, -0.25) is 5.41 Å². The summed E-state index contributed by atoms with van der Waals surface area (Å²) < 4.78 is 69.1. The number of benzene rings is 1. The highest BCUT2D eigenvalue weighted by Crippen LogP contribution is 2.45. The quantitative estimate of drug-likeness (QED) is 0.346. The van der Waals surface area contributed by atoms with Crippen molar-refractivity contribution in [2.75, 3.05) is 23.7 Å². The summed E-state index contributed by atoms with van der Waals surface area (Å²) in [5, 5.41) is 8.21. The van der Waals surface area contributed by atoms with Gasteiger partial charge >= 0.3 is 6.18 Å². The molecule has 11 heteroatoms. The molecule has 3 aliphatic rings. The number of hydrogen-bond donors (Lipinski definition) is 2. The molecule has 8 nitrogen and oxygen atoms in total. The van der Waals surface area contributed by atoms with Crippen LogP contribution in [0.5, 0.6) is 5.75 Å². The van der Waals surface area contributed by atoms with Crippen molar-refractivity contribution in [2.24, 2.45) is 0 Å². The molecule has 3 heterocycles. The van der Waals surface area contributed by atoms with Crippen LogP contribution < -0.4 is 15.4 Å². The molecular weight excluding hydrogens is 509 g/mol. The molecule has 1 saturated heterocycles. The van der Waals surface area contributed by atoms with E-state index in [9.17, 15) is 13.2 Å². The van der Waals surface area contributed by atoms with E-state index in [1.54, 1.807) is 0 Å². The molecule has 1 aromatic heterocycles. The van der Waals surface area contributed by atoms with Crippen molar-refractivity contribution in [1.82, 2.24) is 14.9 Å². The van der Waals surface area contributed by atoms with Crippen molar-refractivity contribution >= 4 is 23.3 Å². The Labute approximate surface area is 230 Å². The van der Waals surface area contributed by atoms with E-state index >= 15 is 0 Å². The van der Waals surface area contributed by atoms with Crippen LogP contribution in [0, 0.1) is 5.41 Å². The highest BCUT2D eigenvalue weighted by Gasteiger charge is 2.46. The van der Waals surface area contributed by atoms with E-state index in [1.165, 1.54) is 19.3 Å². The molecule has 2 aliphatic heterocycles. The Morgan fingerprint density at radius 1 is 1.10 bits per heavy atom. The Hall–Kier alpha value is -3.24. The third-order valence-corrected chi connectivity index (χ3v) is 7.79. The zero-order valence-electron chi connectivity index (χ0n) is 24.4. The van der Waals surface area contributed by atoms with Crippen LogP contribution in [0.1, 0.15) is 79.3 Å². The second kappa shape index (κ2) is 10.7. The highest BCUT2D eigenvalue weighted by molar-refractivity contribution is 5.74. The molecule has 0 bridgehead atoms. The van der Waals surface area contributed by atoms with Crippen molar-refractivity contribution in [3.63, 3.8) is 0 Å². The van der Waals surface area contributed by atoms with Gasteiger partial charge in [0, 0.05) is 29.8 Å². The first-order valence-corrected chi connectivity index (χ1v) is 13.6. The summed E-state index contributed by atoms with van der Waals surface area (Å²) in [6.07, 6.45) is 1.94. The van der Waals surface area contributed by atoms with Gasteiger partial charge in [0.25, 0.3) is 6.02 Å². The van der Waals surface area contributed by atoms with E-state index in [1.807, 2.05) is 43.0 Å². The summed E-state index contributed by atoms with van der Waals surface area (Å²) in [6, 6.07) is 4.81. The van der Waals surface area contributed by atoms with Crippen LogP contribution in [0.4, 0.5) is 30.5 Å². The summed E-state index contributed by atoms with van der Waals surface area (Å²) in [7, 11) is 0. The summed E-state index contributed by atoms with van der Waals surface area (Å²) in [5.74, 6) is 0.767. The lowest BCUT2D eigenvalue weighted by Gasteiger charge is -2.37. The molecule has 3 N–H and O–H groups in total. The zero-order valence-corrected chi connectivity index (χ0v) is 22.4. The first-order chi connectivity index (χ1) is 19.3. The lowest BCUT2D eigenvalue weighted by atomic mass is 9.88. The summed E-state index contributed by atoms with van der Waals surface area (Å²) in [4.78, 5) is 11.3. The first-order valence-electron chi connectivity index (χ1n) is 14.6. The van der Waals surface area contributed by atoms with Crippen LogP contribution in [-0.2, 0) is 16.7 Å². The van der Waals surface area contributed by atoms with E-state index in [-0.39, 0.29) is 24.9 Å². The van der Waals surface area contributed by atoms with Crippen molar-refractivity contribution in [1.29, 1.82) is 5.41 Å². The van der Waals surface area contributed by atoms with Crippen LogP contribution in [-0.4, -0.2) is 52.3 Å². The molecule has 1 atom stereocenters. The molecule has 1 aliphatic carbocycles. The number of halogens is 3. The number of piperidine rings is 1. The molecule has 0 radical (unpaired) electrons. The zero-order chi connectivity index (χ0) is 29.6. The van der Waals surface area contributed by atoms with Gasteiger partial charge in [0.15, 0.2) is 12.4 Å². The topological polar surface area (TPSA) is 101 Å². The first kappa shape index (κ1) is 24.8. The predicted octanol–water partition coefficient (Wildman–Crippen LogP) is 6.07. The summed E-state index contributed by atoms with van der Waals surface area (Å²) in [5.41, 5.74) is 7.30. The van der Waals surface area contributed by atoms with Crippen LogP contribution >= 0.6 is 0 Å². The number of ether oxygens (including phenoxy) is 2. The standard InChI is InChI=1S/C28H37F3N6O2/c1-27(2)17-37(18-11-13-20(14-12-18)39-19-8-4-3-5-9-19)25-23(27)24(32)34-22(35-25)16-38-26(33)36-15-7-6-10-21(36)28(29,30)31/h11-14,19,21,33H,3-10,15-17H2,1-2H3,(H2,32,34,35)/i16D2. The molecule has 1 aromatic carbocycles. The Bertz CT molecular complexity index is 1270. The summed E-state index contributed by atoms with van der Waals surface area (Å²) in [6.45, 7) is 1.60. The number of rotatable bonds is 5. The number of nitrogens with one attached hydrogen (secondary N) is 1. The Balaban J connectivity index is 1.40. The molecule has 1 unspecified atom stereocenters. The van der Waals surface area contributed by atoms with Gasteiger partial charge in [-0.15, -0.1) is 0 Å². The number of nitrogens with zero attached hydrogens (tertiary/aromatic N) is 4. The number of hydrogen-bond acceptors (Lipinski definition) is 7. The van der Waals surface area contributed by atoms with Gasteiger partial charge in [0.05, 0.1) is 8.85 Å². The molecule has 5 rings (SSSR count). The number of aromatic nitrogens is 2. The van der Waals surface area contributed by atoms with Gasteiger partial charge in [-0.1, -0.05) is 20.3 Å². The van der Waals surface area contributed by atoms with Crippen molar-refractivity contribution in [2.45, 2.75) is 95.5 Å². The number of nitrogen functional groups attached to an aromatic ring is 1. The fraction of sp³-hybridized carbons (Fsp3) is 0.607. The van der Waals surface area contributed by atoms with Crippen LogP contribution in [0.2, 0.25) is 0 Å². The van der Waals surface area contributed by atoms with E-state index in [0.29, 0.717) is 30.8 Å². The molecule has 212 valence electrons. The number of likely N-dealkylation sites (tertiary alicyclic amines) is 1. The van der Waals surface area contributed by atoms with Crippen LogP contribution in [0.15, 0.2) is 24.3 Å². The molecule has 0 spiro atoms. The molecule has 0 amide bonds. The molecule has 39 heavy (non-hydrogen) atoms. The number of alkyl halides is 3. The Morgan fingerprint density at radius 2 is 1.79 bits per heavy atom. The maximum absolute atomic E-state index is 13.6. The number of fused-ring (bicyclic) bond motifs is 1. The minimum atomic E-state index is -4.57. The molecule has 1 saturated carbocycles. The third-order valence-electron chi connectivity index (χ3n) is 7.79. The normalized spacial score (nSPS) is 22.6. The molecule has 2 aromatic rings. The van der Waals surface area contributed by atoms with Crippen molar-refractivity contribution in [3.8, 4) is 5.75 Å². The van der Waals surface area contributed by atoms with Gasteiger partial charge in [-0.25, -0.2) is 9.97 Å². The van der Waals surface area contributed by atoms with E-state index in [4.69, 9.17) is 23.4 Å². The van der Waals surface area contributed by atoms with Crippen LogP contribution in [0.3, 0.4) is 0 Å². The van der Waals surface area contributed by atoms with Gasteiger partial charge < -0.3 is 25.0 Å². The fourth-order valence-electron chi connectivity index (χ4n) is 5.87. The maximum atomic E-state index is 13.6. The number of nitrogens with two attached hydrogens (primary N) is 1. The second-order valence-corrected chi connectivity index (χ2v) is 11.2. The van der Waals surface area contributed by atoms with Gasteiger partial charge in [0.2, 0.25) is 0 Å². The minimum Gasteiger partial charge on any atom is -0.490 e. The fourth-order valence-corrected chi connectivity index (χ4v) is 5.87. The predicted molar refractivity (Wildman–Crippen MR) is 143 cm³/mol. The van der Waals surface area contributed by atoms with Crippen LogP contribution in [0.25, 0.3) is 0 Å². The lowest BCUT2D eigenvalue weighted by Crippen LogP contribution is -2.51. The highest BCUT2D eigenvalue weighted by atomic mass is 19.4. The number of anilines is 3. The summed E-state index contributed by atoms with van der Waals surface area (Å²) >= 11 is 0. The number of amidine groups is 1. The molecule has 2 fully saturated rings. The van der Waals surface area contributed by atoms with Gasteiger partial charge in [-0.05, 0) is 69.2 Å².